The Morgan fingerprint density at radius 1 is 0.741 bits per heavy atom. The molecule has 4 atom stereocenters. The maximum absolute atomic E-state index is 5.14. The molecule has 0 amide bonds. The van der Waals surface area contributed by atoms with Crippen LogP contribution in [-0.2, 0) is 5.41 Å². The minimum atomic E-state index is -0.382. The quantitative estimate of drug-likeness (QED) is 0.178. The third-order valence-electron chi connectivity index (χ3n) is 11.3. The Morgan fingerprint density at radius 2 is 1.48 bits per heavy atom. The van der Waals surface area contributed by atoms with Crippen LogP contribution >= 0.6 is 11.8 Å². The third-order valence-corrected chi connectivity index (χ3v) is 12.6. The first kappa shape index (κ1) is 32.6. The lowest BCUT2D eigenvalue weighted by atomic mass is 9.61. The lowest BCUT2D eigenvalue weighted by Gasteiger charge is -2.48. The standard InChI is InChI=1S/C49H38N4S/c1-3-12-33(13-4-1)26-27-50-31-34-14-11-17-36(28-34)37-22-24-45-43(29-37)49(41-20-9-7-18-39(41)40-19-8-10-21-42(40)49)44-30-38(23-25-46(44)54-45)48-52-32-51-47(53-48)35-15-5-2-6-16-35/h1-16,18-32,36,44,46-47H,17H2,(H,51,52,53)/b27-26-,50-31?. The molecule has 0 saturated carbocycles. The van der Waals surface area contributed by atoms with Gasteiger partial charge in [0.1, 0.15) is 5.84 Å². The molecule has 5 heteroatoms. The van der Waals surface area contributed by atoms with E-state index in [1.54, 1.807) is 6.34 Å². The zero-order valence-electron chi connectivity index (χ0n) is 29.7. The van der Waals surface area contributed by atoms with Crippen molar-refractivity contribution in [2.75, 3.05) is 0 Å². The van der Waals surface area contributed by atoms with Crippen molar-refractivity contribution in [1.29, 1.82) is 0 Å². The summed E-state index contributed by atoms with van der Waals surface area (Å²) >= 11 is 1.99. The first-order valence-corrected chi connectivity index (χ1v) is 19.6. The molecule has 5 aromatic rings. The summed E-state index contributed by atoms with van der Waals surface area (Å²) in [6.07, 6.45) is 22.4. The van der Waals surface area contributed by atoms with Gasteiger partial charge in [-0.25, -0.2) is 9.98 Å². The number of hydrogen-bond acceptors (Lipinski definition) is 5. The van der Waals surface area contributed by atoms with Crippen molar-refractivity contribution < 1.29 is 0 Å². The van der Waals surface area contributed by atoms with E-state index in [1.165, 1.54) is 38.3 Å². The van der Waals surface area contributed by atoms with E-state index in [-0.39, 0.29) is 28.7 Å². The molecule has 5 aromatic carbocycles. The fourth-order valence-corrected chi connectivity index (χ4v) is 10.3. The number of thioether (sulfide) groups is 1. The summed E-state index contributed by atoms with van der Waals surface area (Å²) in [5.74, 6) is 1.26. The highest BCUT2D eigenvalue weighted by molar-refractivity contribution is 8.00. The molecular weight excluding hydrogens is 677 g/mol. The Hall–Kier alpha value is -6.04. The van der Waals surface area contributed by atoms with E-state index in [0.29, 0.717) is 0 Å². The molecule has 0 radical (unpaired) electrons. The van der Waals surface area contributed by atoms with Gasteiger partial charge in [-0.15, -0.1) is 11.8 Å². The van der Waals surface area contributed by atoms with E-state index >= 15 is 0 Å². The Bertz CT molecular complexity index is 2460. The summed E-state index contributed by atoms with van der Waals surface area (Å²) in [5, 5.41) is 3.66. The van der Waals surface area contributed by atoms with E-state index in [2.05, 4.69) is 155 Å². The van der Waals surface area contributed by atoms with E-state index in [0.717, 1.165) is 34.5 Å². The number of benzene rings is 5. The molecule has 4 unspecified atom stereocenters. The van der Waals surface area contributed by atoms with Crippen molar-refractivity contribution in [3.8, 4) is 11.1 Å². The van der Waals surface area contributed by atoms with E-state index in [9.17, 15) is 0 Å². The minimum Gasteiger partial charge on any atom is -0.331 e. The molecule has 0 bridgehead atoms. The van der Waals surface area contributed by atoms with Crippen LogP contribution in [0.3, 0.4) is 0 Å². The molecule has 54 heavy (non-hydrogen) atoms. The smallest absolute Gasteiger partial charge is 0.169 e. The topological polar surface area (TPSA) is 49.1 Å². The van der Waals surface area contributed by atoms with Crippen molar-refractivity contribution in [2.45, 2.75) is 34.1 Å². The van der Waals surface area contributed by atoms with Gasteiger partial charge in [0.25, 0.3) is 0 Å². The van der Waals surface area contributed by atoms with Crippen LogP contribution in [0.2, 0.25) is 0 Å². The van der Waals surface area contributed by atoms with Gasteiger partial charge in [-0.05, 0) is 68.6 Å². The second-order valence-electron chi connectivity index (χ2n) is 14.3. The van der Waals surface area contributed by atoms with Crippen LogP contribution in [0, 0.1) is 5.92 Å². The normalized spacial score (nSPS) is 22.9. The number of amidine groups is 1. The second-order valence-corrected chi connectivity index (χ2v) is 15.6. The highest BCUT2D eigenvalue weighted by Gasteiger charge is 2.55. The molecule has 2 heterocycles. The van der Waals surface area contributed by atoms with E-state index in [1.807, 2.05) is 54.5 Å². The average molecular weight is 715 g/mol. The Labute approximate surface area is 320 Å². The number of hydrogen-bond donors (Lipinski definition) is 1. The highest BCUT2D eigenvalue weighted by Crippen LogP contribution is 2.64. The number of aliphatic imine (C=N–C) groups is 3. The zero-order chi connectivity index (χ0) is 35.9. The summed E-state index contributed by atoms with van der Waals surface area (Å²) in [5.41, 5.74) is 12.2. The van der Waals surface area contributed by atoms with Crippen LogP contribution in [0.15, 0.2) is 201 Å². The number of rotatable bonds is 6. The van der Waals surface area contributed by atoms with Crippen molar-refractivity contribution >= 4 is 36.2 Å². The van der Waals surface area contributed by atoms with Gasteiger partial charge in [0.15, 0.2) is 6.17 Å². The van der Waals surface area contributed by atoms with E-state index in [4.69, 9.17) is 4.99 Å². The maximum atomic E-state index is 5.14. The fourth-order valence-electron chi connectivity index (χ4n) is 8.89. The molecular formula is C49H38N4S. The predicted molar refractivity (Wildman–Crippen MR) is 225 cm³/mol. The van der Waals surface area contributed by atoms with E-state index < -0.39 is 0 Å². The molecule has 0 aromatic heterocycles. The molecule has 260 valence electrons. The molecule has 0 saturated heterocycles. The summed E-state index contributed by atoms with van der Waals surface area (Å²) in [4.78, 5) is 15.8. The second kappa shape index (κ2) is 13.7. The molecule has 1 N–H and O–H groups in total. The lowest BCUT2D eigenvalue weighted by molar-refractivity contribution is 0.447. The lowest BCUT2D eigenvalue weighted by Crippen LogP contribution is -2.45. The van der Waals surface area contributed by atoms with Crippen LogP contribution in [0.1, 0.15) is 51.9 Å². The number of fused-ring (bicyclic) bond motifs is 9. The molecule has 0 fully saturated rings. The van der Waals surface area contributed by atoms with Crippen molar-refractivity contribution in [3.05, 3.63) is 215 Å². The maximum Gasteiger partial charge on any atom is 0.169 e. The highest BCUT2D eigenvalue weighted by atomic mass is 32.2. The molecule has 3 aliphatic carbocycles. The van der Waals surface area contributed by atoms with Crippen molar-refractivity contribution in [2.24, 2.45) is 20.9 Å². The van der Waals surface area contributed by atoms with Gasteiger partial charge >= 0.3 is 0 Å². The fraction of sp³-hybridized carbons (Fsp3) is 0.122. The molecule has 5 aliphatic rings. The Balaban J connectivity index is 1.08. The predicted octanol–water partition coefficient (Wildman–Crippen LogP) is 11.0. The van der Waals surface area contributed by atoms with Crippen LogP contribution < -0.4 is 5.32 Å². The summed E-state index contributed by atoms with van der Waals surface area (Å²) in [7, 11) is 0. The SMILES string of the molecule is C1=CC(C=N/C=C\c2ccccc2)=CC(c2ccc3c(c2)C2(c4ccccc4-c4ccccc42)C2C=C(C4=NC(c5ccccc5)N=CN4)C=CC2S3)C1. The molecule has 1 spiro atoms. The van der Waals surface area contributed by atoms with Crippen LogP contribution in [0.4, 0.5) is 0 Å². The van der Waals surface area contributed by atoms with Gasteiger partial charge in [0.05, 0.1) is 11.8 Å². The molecule has 10 rings (SSSR count). The van der Waals surface area contributed by atoms with Crippen molar-refractivity contribution in [3.63, 3.8) is 0 Å². The summed E-state index contributed by atoms with van der Waals surface area (Å²) < 4.78 is 0. The Morgan fingerprint density at radius 3 is 2.28 bits per heavy atom. The van der Waals surface area contributed by atoms with Crippen LogP contribution in [-0.4, -0.2) is 23.6 Å². The molecule has 4 nitrogen and oxygen atoms in total. The zero-order valence-corrected chi connectivity index (χ0v) is 30.5. The van der Waals surface area contributed by atoms with Gasteiger partial charge < -0.3 is 5.32 Å². The van der Waals surface area contributed by atoms with Crippen molar-refractivity contribution in [1.82, 2.24) is 5.32 Å². The summed E-state index contributed by atoms with van der Waals surface area (Å²) in [6.45, 7) is 0. The largest absolute Gasteiger partial charge is 0.331 e. The van der Waals surface area contributed by atoms with Crippen LogP contribution in [0.5, 0.6) is 0 Å². The first-order valence-electron chi connectivity index (χ1n) is 18.7. The van der Waals surface area contributed by atoms with Gasteiger partial charge in [0.2, 0.25) is 0 Å². The van der Waals surface area contributed by atoms with Crippen LogP contribution in [0.25, 0.3) is 17.2 Å². The monoisotopic (exact) mass is 714 g/mol. The van der Waals surface area contributed by atoms with Gasteiger partial charge in [-0.3, -0.25) is 4.99 Å². The van der Waals surface area contributed by atoms with Gasteiger partial charge in [0, 0.05) is 40.0 Å². The summed E-state index contributed by atoms with van der Waals surface area (Å²) in [6, 6.07) is 46.1. The van der Waals surface area contributed by atoms with Gasteiger partial charge in [-0.2, -0.15) is 0 Å². The molecule has 2 aliphatic heterocycles. The number of nitrogens with zero attached hydrogens (tertiary/aromatic N) is 3. The number of allylic oxidation sites excluding steroid dienone is 5. The minimum absolute atomic E-state index is 0.148. The Kier molecular flexibility index (Phi) is 8.30. The third kappa shape index (κ3) is 5.59. The van der Waals surface area contributed by atoms with Gasteiger partial charge in [-0.1, -0.05) is 158 Å². The average Bonchev–Trinajstić information content (AvgIpc) is 3.54. The first-order chi connectivity index (χ1) is 26.8. The number of nitrogens with one attached hydrogen (secondary N) is 1.